The van der Waals surface area contributed by atoms with Crippen molar-refractivity contribution in [2.24, 2.45) is 5.92 Å². The highest BCUT2D eigenvalue weighted by Gasteiger charge is 2.61. The standard InChI is InChI=1S/C16H23N3O4S/c1-6-18-14(20)16(5,11(2)3)19(24(18,22)23)15(21)17-13-9-7-12(4)8-10-13/h7-11H,6H2,1-5H3,(H,17,21). The highest BCUT2D eigenvalue weighted by molar-refractivity contribution is 7.88. The number of urea groups is 1. The monoisotopic (exact) mass is 353 g/mol. The Morgan fingerprint density at radius 2 is 1.79 bits per heavy atom. The molecule has 1 heterocycles. The number of benzene rings is 1. The molecule has 0 spiro atoms. The minimum atomic E-state index is -4.20. The van der Waals surface area contributed by atoms with E-state index in [0.29, 0.717) is 9.99 Å². The molecule has 132 valence electrons. The molecule has 0 bridgehead atoms. The zero-order valence-corrected chi connectivity index (χ0v) is 15.3. The van der Waals surface area contributed by atoms with Crippen molar-refractivity contribution in [1.82, 2.24) is 8.61 Å². The maximum atomic E-state index is 12.7. The Morgan fingerprint density at radius 1 is 1.25 bits per heavy atom. The summed E-state index contributed by atoms with van der Waals surface area (Å²) in [7, 11) is -4.20. The van der Waals surface area contributed by atoms with E-state index in [1.54, 1.807) is 45.0 Å². The van der Waals surface area contributed by atoms with Crippen LogP contribution in [0.4, 0.5) is 10.5 Å². The van der Waals surface area contributed by atoms with E-state index in [2.05, 4.69) is 5.32 Å². The van der Waals surface area contributed by atoms with Crippen LogP contribution in [0.25, 0.3) is 0 Å². The van der Waals surface area contributed by atoms with Crippen LogP contribution in [0.15, 0.2) is 24.3 Å². The molecule has 2 rings (SSSR count). The lowest BCUT2D eigenvalue weighted by Crippen LogP contribution is -2.55. The summed E-state index contributed by atoms with van der Waals surface area (Å²) in [5.41, 5.74) is 0.0272. The van der Waals surface area contributed by atoms with Crippen LogP contribution in [0.2, 0.25) is 0 Å². The van der Waals surface area contributed by atoms with Crippen LogP contribution in [-0.2, 0) is 15.0 Å². The van der Waals surface area contributed by atoms with E-state index < -0.39 is 27.7 Å². The van der Waals surface area contributed by atoms with Crippen LogP contribution >= 0.6 is 0 Å². The summed E-state index contributed by atoms with van der Waals surface area (Å²) in [6, 6.07) is 6.14. The summed E-state index contributed by atoms with van der Waals surface area (Å²) in [5.74, 6) is -0.959. The average Bonchev–Trinajstić information content (AvgIpc) is 2.64. The van der Waals surface area contributed by atoms with Gasteiger partial charge in [-0.05, 0) is 38.8 Å². The lowest BCUT2D eigenvalue weighted by Gasteiger charge is -2.33. The number of rotatable bonds is 3. The van der Waals surface area contributed by atoms with Gasteiger partial charge in [0, 0.05) is 12.2 Å². The molecule has 0 aromatic heterocycles. The summed E-state index contributed by atoms with van der Waals surface area (Å²) >= 11 is 0. The van der Waals surface area contributed by atoms with Gasteiger partial charge in [-0.15, -0.1) is 0 Å². The third kappa shape index (κ3) is 2.64. The molecule has 1 unspecified atom stereocenters. The number of amides is 3. The van der Waals surface area contributed by atoms with Crippen molar-refractivity contribution in [1.29, 1.82) is 0 Å². The zero-order chi connectivity index (χ0) is 18.3. The number of carbonyl (C=O) groups is 2. The van der Waals surface area contributed by atoms with Crippen LogP contribution in [0.5, 0.6) is 0 Å². The van der Waals surface area contributed by atoms with Gasteiger partial charge < -0.3 is 5.32 Å². The number of hydrogen-bond donors (Lipinski definition) is 1. The Balaban J connectivity index is 2.45. The molecule has 1 fully saturated rings. The van der Waals surface area contributed by atoms with Gasteiger partial charge in [0.15, 0.2) is 0 Å². The van der Waals surface area contributed by atoms with E-state index in [1.165, 1.54) is 6.92 Å². The van der Waals surface area contributed by atoms with Gasteiger partial charge in [0.2, 0.25) is 0 Å². The first kappa shape index (κ1) is 18.3. The second-order valence-electron chi connectivity index (χ2n) is 6.34. The van der Waals surface area contributed by atoms with Crippen molar-refractivity contribution >= 4 is 27.8 Å². The van der Waals surface area contributed by atoms with Crippen molar-refractivity contribution < 1.29 is 18.0 Å². The number of hydrogen-bond acceptors (Lipinski definition) is 4. The van der Waals surface area contributed by atoms with Crippen LogP contribution < -0.4 is 5.32 Å². The third-order valence-electron chi connectivity index (χ3n) is 4.49. The second kappa shape index (κ2) is 6.08. The van der Waals surface area contributed by atoms with E-state index in [4.69, 9.17) is 0 Å². The maximum Gasteiger partial charge on any atom is 0.337 e. The Hall–Kier alpha value is -2.09. The zero-order valence-electron chi connectivity index (χ0n) is 14.5. The highest BCUT2D eigenvalue weighted by atomic mass is 32.2. The van der Waals surface area contributed by atoms with Gasteiger partial charge in [0.05, 0.1) is 0 Å². The summed E-state index contributed by atoms with van der Waals surface area (Å²) in [6.45, 7) is 8.39. The first-order valence-electron chi connectivity index (χ1n) is 7.82. The Morgan fingerprint density at radius 3 is 2.25 bits per heavy atom. The number of nitrogens with zero attached hydrogens (tertiary/aromatic N) is 2. The molecule has 1 atom stereocenters. The Kier molecular flexibility index (Phi) is 4.63. The van der Waals surface area contributed by atoms with Crippen molar-refractivity contribution in [2.45, 2.75) is 40.2 Å². The van der Waals surface area contributed by atoms with E-state index in [9.17, 15) is 18.0 Å². The van der Waals surface area contributed by atoms with Gasteiger partial charge in [-0.1, -0.05) is 31.5 Å². The lowest BCUT2D eigenvalue weighted by molar-refractivity contribution is -0.133. The van der Waals surface area contributed by atoms with Gasteiger partial charge in [-0.25, -0.2) is 9.10 Å². The van der Waals surface area contributed by atoms with Gasteiger partial charge in [-0.2, -0.15) is 12.7 Å². The first-order valence-corrected chi connectivity index (χ1v) is 9.21. The Bertz CT molecular complexity index is 758. The SMILES string of the molecule is CCN1C(=O)C(C)(C(C)C)N(C(=O)Nc2ccc(C)cc2)S1(=O)=O. The predicted octanol–water partition coefficient (Wildman–Crippen LogP) is 2.35. The molecule has 1 aromatic carbocycles. The molecular weight excluding hydrogens is 330 g/mol. The normalized spacial score (nSPS) is 23.0. The Labute approximate surface area is 142 Å². The average molecular weight is 353 g/mol. The van der Waals surface area contributed by atoms with Gasteiger partial charge >= 0.3 is 16.2 Å². The van der Waals surface area contributed by atoms with E-state index in [1.807, 2.05) is 6.92 Å². The fraction of sp³-hybridized carbons (Fsp3) is 0.500. The second-order valence-corrected chi connectivity index (χ2v) is 8.04. The smallest absolute Gasteiger partial charge is 0.307 e. The molecule has 0 radical (unpaired) electrons. The molecule has 1 N–H and O–H groups in total. The summed E-state index contributed by atoms with van der Waals surface area (Å²) in [5, 5.41) is 2.57. The molecular formula is C16H23N3O4S. The van der Waals surface area contributed by atoms with Gasteiger partial charge in [-0.3, -0.25) is 4.79 Å². The third-order valence-corrected chi connectivity index (χ3v) is 6.48. The summed E-state index contributed by atoms with van der Waals surface area (Å²) < 4.78 is 26.8. The van der Waals surface area contributed by atoms with Crippen LogP contribution in [0, 0.1) is 12.8 Å². The van der Waals surface area contributed by atoms with Crippen molar-refractivity contribution in [3.8, 4) is 0 Å². The van der Waals surface area contributed by atoms with E-state index >= 15 is 0 Å². The van der Waals surface area contributed by atoms with Gasteiger partial charge in [0.25, 0.3) is 5.91 Å². The van der Waals surface area contributed by atoms with E-state index in [-0.39, 0.29) is 12.5 Å². The minimum Gasteiger partial charge on any atom is -0.307 e. The predicted molar refractivity (Wildman–Crippen MR) is 91.6 cm³/mol. The number of nitrogens with one attached hydrogen (secondary N) is 1. The van der Waals surface area contributed by atoms with Crippen molar-refractivity contribution in [3.05, 3.63) is 29.8 Å². The number of carbonyl (C=O) groups excluding carboxylic acids is 2. The molecule has 1 saturated heterocycles. The minimum absolute atomic E-state index is 0.0161. The molecule has 3 amide bonds. The fourth-order valence-electron chi connectivity index (χ4n) is 2.70. The molecule has 7 nitrogen and oxygen atoms in total. The van der Waals surface area contributed by atoms with Crippen molar-refractivity contribution in [3.63, 3.8) is 0 Å². The van der Waals surface area contributed by atoms with Crippen LogP contribution in [0.1, 0.15) is 33.3 Å². The first-order chi connectivity index (χ1) is 11.1. The molecule has 0 saturated carbocycles. The van der Waals surface area contributed by atoms with Gasteiger partial charge in [0.1, 0.15) is 5.54 Å². The molecule has 1 aliphatic heterocycles. The molecule has 1 aliphatic rings. The number of aryl methyl sites for hydroxylation is 1. The largest absolute Gasteiger partial charge is 0.337 e. The van der Waals surface area contributed by atoms with Crippen LogP contribution in [0.3, 0.4) is 0 Å². The van der Waals surface area contributed by atoms with Crippen LogP contribution in [-0.4, -0.2) is 41.1 Å². The quantitative estimate of drug-likeness (QED) is 0.904. The molecule has 1 aromatic rings. The van der Waals surface area contributed by atoms with E-state index in [0.717, 1.165) is 9.87 Å². The number of anilines is 1. The summed E-state index contributed by atoms with van der Waals surface area (Å²) in [6.07, 6.45) is 0. The molecule has 8 heteroatoms. The fourth-order valence-corrected chi connectivity index (χ4v) is 4.64. The maximum absolute atomic E-state index is 12.7. The highest BCUT2D eigenvalue weighted by Crippen LogP contribution is 2.38. The van der Waals surface area contributed by atoms with Crippen molar-refractivity contribution in [2.75, 3.05) is 11.9 Å². The summed E-state index contributed by atoms with van der Waals surface area (Å²) in [4.78, 5) is 25.4. The topological polar surface area (TPSA) is 86.8 Å². The number of likely N-dealkylation sites (N-methyl/N-ethyl adjacent to an activating group) is 1. The molecule has 24 heavy (non-hydrogen) atoms. The lowest BCUT2D eigenvalue weighted by atomic mass is 9.87. The molecule has 0 aliphatic carbocycles.